The second-order valence-corrected chi connectivity index (χ2v) is 5.15. The molecule has 0 saturated carbocycles. The summed E-state index contributed by atoms with van der Waals surface area (Å²) < 4.78 is 5.21. The van der Waals surface area contributed by atoms with Gasteiger partial charge in [0, 0.05) is 17.8 Å². The number of halogens is 1. The van der Waals surface area contributed by atoms with Crippen molar-refractivity contribution < 1.29 is 4.74 Å². The normalized spacial score (nSPS) is 12.2. The molecule has 102 valence electrons. The van der Waals surface area contributed by atoms with E-state index >= 15 is 0 Å². The van der Waals surface area contributed by atoms with Crippen LogP contribution in [0.4, 0.5) is 5.69 Å². The number of hydrogen-bond acceptors (Lipinski definition) is 2. The molecule has 0 aromatic heterocycles. The van der Waals surface area contributed by atoms with Crippen LogP contribution < -0.4 is 10.1 Å². The van der Waals surface area contributed by atoms with Gasteiger partial charge in [0.2, 0.25) is 0 Å². The average Bonchev–Trinajstić information content (AvgIpc) is 2.37. The molecule has 0 spiro atoms. The highest BCUT2D eigenvalue weighted by Crippen LogP contribution is 2.27. The van der Waals surface area contributed by atoms with Gasteiger partial charge in [-0.1, -0.05) is 44.2 Å². The number of benzene rings is 1. The third kappa shape index (κ3) is 5.18. The second-order valence-electron chi connectivity index (χ2n) is 4.74. The van der Waals surface area contributed by atoms with Gasteiger partial charge in [0.25, 0.3) is 0 Å². The molecule has 1 aromatic carbocycles. The first-order valence-corrected chi connectivity index (χ1v) is 7.15. The van der Waals surface area contributed by atoms with Gasteiger partial charge in [-0.3, -0.25) is 0 Å². The van der Waals surface area contributed by atoms with E-state index in [-0.39, 0.29) is 0 Å². The predicted molar refractivity (Wildman–Crippen MR) is 79.8 cm³/mol. The maximum absolute atomic E-state index is 6.00. The van der Waals surface area contributed by atoms with Crippen molar-refractivity contribution in [1.29, 1.82) is 0 Å². The van der Waals surface area contributed by atoms with Crippen LogP contribution in [0.25, 0.3) is 0 Å². The fraction of sp³-hybridized carbons (Fsp3) is 0.600. The highest BCUT2D eigenvalue weighted by molar-refractivity contribution is 6.32. The number of ether oxygens (including phenoxy) is 1. The Labute approximate surface area is 116 Å². The molecule has 0 bridgehead atoms. The fourth-order valence-electron chi connectivity index (χ4n) is 1.98. The zero-order valence-electron chi connectivity index (χ0n) is 11.6. The summed E-state index contributed by atoms with van der Waals surface area (Å²) in [6.45, 7) is 4.45. The Balaban J connectivity index is 2.41. The van der Waals surface area contributed by atoms with Crippen molar-refractivity contribution in [3.8, 4) is 5.75 Å². The lowest BCUT2D eigenvalue weighted by molar-refractivity contribution is 0.415. The lowest BCUT2D eigenvalue weighted by Crippen LogP contribution is -2.14. The standard InChI is InChI=1S/C15H24ClNO/c1-4-5-6-7-8-12(2)17-13-9-10-14(16)15(11-13)18-3/h9-12,17H,4-8H2,1-3H3. The quantitative estimate of drug-likeness (QED) is 0.662. The molecule has 0 heterocycles. The summed E-state index contributed by atoms with van der Waals surface area (Å²) in [6, 6.07) is 6.29. The van der Waals surface area contributed by atoms with E-state index in [0.717, 1.165) is 11.4 Å². The van der Waals surface area contributed by atoms with E-state index in [9.17, 15) is 0 Å². The Morgan fingerprint density at radius 1 is 1.28 bits per heavy atom. The highest BCUT2D eigenvalue weighted by atomic mass is 35.5. The molecule has 0 aliphatic heterocycles. The van der Waals surface area contributed by atoms with Gasteiger partial charge >= 0.3 is 0 Å². The Kier molecular flexibility index (Phi) is 6.96. The number of unbranched alkanes of at least 4 members (excludes halogenated alkanes) is 3. The molecular formula is C15H24ClNO. The molecule has 2 nitrogen and oxygen atoms in total. The average molecular weight is 270 g/mol. The van der Waals surface area contributed by atoms with Gasteiger partial charge in [0.15, 0.2) is 0 Å². The summed E-state index contributed by atoms with van der Waals surface area (Å²) >= 11 is 6.00. The molecule has 0 radical (unpaired) electrons. The molecule has 0 amide bonds. The number of methoxy groups -OCH3 is 1. The maximum atomic E-state index is 6.00. The fourth-order valence-corrected chi connectivity index (χ4v) is 2.18. The van der Waals surface area contributed by atoms with Crippen molar-refractivity contribution in [2.75, 3.05) is 12.4 Å². The molecule has 1 aromatic rings. The minimum Gasteiger partial charge on any atom is -0.495 e. The van der Waals surface area contributed by atoms with Gasteiger partial charge in [-0.05, 0) is 25.5 Å². The summed E-state index contributed by atoms with van der Waals surface area (Å²) in [4.78, 5) is 0. The lowest BCUT2D eigenvalue weighted by atomic mass is 10.1. The smallest absolute Gasteiger partial charge is 0.139 e. The van der Waals surface area contributed by atoms with E-state index in [1.165, 1.54) is 32.1 Å². The molecule has 0 saturated heterocycles. The van der Waals surface area contributed by atoms with E-state index in [4.69, 9.17) is 16.3 Å². The molecule has 1 atom stereocenters. The number of nitrogens with one attached hydrogen (secondary N) is 1. The van der Waals surface area contributed by atoms with Crippen LogP contribution in [-0.4, -0.2) is 13.2 Å². The Morgan fingerprint density at radius 2 is 2.06 bits per heavy atom. The Morgan fingerprint density at radius 3 is 2.72 bits per heavy atom. The Bertz CT molecular complexity index is 354. The van der Waals surface area contributed by atoms with Gasteiger partial charge in [-0.2, -0.15) is 0 Å². The molecule has 0 fully saturated rings. The summed E-state index contributed by atoms with van der Waals surface area (Å²) in [5.41, 5.74) is 1.07. The van der Waals surface area contributed by atoms with Gasteiger partial charge in [-0.25, -0.2) is 0 Å². The SMILES string of the molecule is CCCCCCC(C)Nc1ccc(Cl)c(OC)c1. The molecule has 3 heteroatoms. The first-order chi connectivity index (χ1) is 8.67. The van der Waals surface area contributed by atoms with E-state index < -0.39 is 0 Å². The predicted octanol–water partition coefficient (Wildman–Crippen LogP) is 5.12. The van der Waals surface area contributed by atoms with Gasteiger partial charge in [0.05, 0.1) is 12.1 Å². The number of rotatable bonds is 8. The third-order valence-electron chi connectivity index (χ3n) is 3.05. The van der Waals surface area contributed by atoms with Crippen molar-refractivity contribution in [2.45, 2.75) is 52.0 Å². The molecule has 1 rings (SSSR count). The van der Waals surface area contributed by atoms with Crippen molar-refractivity contribution in [3.05, 3.63) is 23.2 Å². The van der Waals surface area contributed by atoms with Crippen molar-refractivity contribution in [1.82, 2.24) is 0 Å². The van der Waals surface area contributed by atoms with E-state index in [1.807, 2.05) is 18.2 Å². The molecule has 1 unspecified atom stereocenters. The van der Waals surface area contributed by atoms with Crippen LogP contribution in [0.1, 0.15) is 46.0 Å². The lowest BCUT2D eigenvalue weighted by Gasteiger charge is -2.16. The highest BCUT2D eigenvalue weighted by Gasteiger charge is 2.05. The summed E-state index contributed by atoms with van der Waals surface area (Å²) in [5.74, 6) is 0.722. The summed E-state index contributed by atoms with van der Waals surface area (Å²) in [5, 5.41) is 4.13. The zero-order chi connectivity index (χ0) is 13.4. The first-order valence-electron chi connectivity index (χ1n) is 6.77. The van der Waals surface area contributed by atoms with E-state index in [0.29, 0.717) is 11.1 Å². The summed E-state index contributed by atoms with van der Waals surface area (Å²) in [6.07, 6.45) is 6.43. The largest absolute Gasteiger partial charge is 0.495 e. The van der Waals surface area contributed by atoms with Crippen LogP contribution in [0.5, 0.6) is 5.75 Å². The number of hydrogen-bond donors (Lipinski definition) is 1. The maximum Gasteiger partial charge on any atom is 0.139 e. The van der Waals surface area contributed by atoms with Crippen LogP contribution in [0.2, 0.25) is 5.02 Å². The Hall–Kier alpha value is -0.890. The summed E-state index contributed by atoms with van der Waals surface area (Å²) in [7, 11) is 1.64. The van der Waals surface area contributed by atoms with Crippen LogP contribution in [0.15, 0.2) is 18.2 Å². The van der Waals surface area contributed by atoms with E-state index in [1.54, 1.807) is 7.11 Å². The minimum absolute atomic E-state index is 0.479. The van der Waals surface area contributed by atoms with Crippen LogP contribution >= 0.6 is 11.6 Å². The van der Waals surface area contributed by atoms with Crippen LogP contribution in [0, 0.1) is 0 Å². The van der Waals surface area contributed by atoms with Crippen molar-refractivity contribution in [3.63, 3.8) is 0 Å². The molecule has 0 aliphatic carbocycles. The minimum atomic E-state index is 0.479. The van der Waals surface area contributed by atoms with Crippen LogP contribution in [-0.2, 0) is 0 Å². The number of anilines is 1. The van der Waals surface area contributed by atoms with Gasteiger partial charge in [-0.15, -0.1) is 0 Å². The third-order valence-corrected chi connectivity index (χ3v) is 3.37. The first kappa shape index (κ1) is 15.2. The van der Waals surface area contributed by atoms with E-state index in [2.05, 4.69) is 19.2 Å². The zero-order valence-corrected chi connectivity index (χ0v) is 12.4. The van der Waals surface area contributed by atoms with Crippen molar-refractivity contribution in [2.24, 2.45) is 0 Å². The second kappa shape index (κ2) is 8.25. The monoisotopic (exact) mass is 269 g/mol. The molecular weight excluding hydrogens is 246 g/mol. The molecule has 18 heavy (non-hydrogen) atoms. The van der Waals surface area contributed by atoms with Gasteiger partial charge < -0.3 is 10.1 Å². The molecule has 0 aliphatic rings. The van der Waals surface area contributed by atoms with Crippen molar-refractivity contribution >= 4 is 17.3 Å². The van der Waals surface area contributed by atoms with Crippen LogP contribution in [0.3, 0.4) is 0 Å². The molecule has 1 N–H and O–H groups in total. The topological polar surface area (TPSA) is 21.3 Å². The van der Waals surface area contributed by atoms with Gasteiger partial charge in [0.1, 0.15) is 5.75 Å².